The predicted octanol–water partition coefficient (Wildman–Crippen LogP) is 3.73. The summed E-state index contributed by atoms with van der Waals surface area (Å²) < 4.78 is 34.0. The average Bonchev–Trinajstić information content (AvgIpc) is 2.63. The minimum atomic E-state index is -3.19. The van der Waals surface area contributed by atoms with Crippen molar-refractivity contribution < 1.29 is 13.5 Å². The molecule has 5 heteroatoms. The Morgan fingerprint density at radius 2 is 1.84 bits per heavy atom. The quantitative estimate of drug-likeness (QED) is 0.848. The summed E-state index contributed by atoms with van der Waals surface area (Å²) in [4.78, 5) is 0. The van der Waals surface area contributed by atoms with Crippen molar-refractivity contribution in [1.82, 2.24) is 9.78 Å². The number of rotatable bonds is 3. The van der Waals surface area contributed by atoms with Crippen LogP contribution in [0.1, 0.15) is 26.5 Å². The zero-order chi connectivity index (χ0) is 14.3. The lowest BCUT2D eigenvalue weighted by atomic mass is 9.95. The highest BCUT2D eigenvalue weighted by Crippen LogP contribution is 2.37. The molecule has 0 unspecified atom stereocenters. The Labute approximate surface area is 111 Å². The lowest BCUT2D eigenvalue weighted by Gasteiger charge is -2.29. The first kappa shape index (κ1) is 13.9. The first-order chi connectivity index (χ1) is 8.72. The maximum Gasteiger partial charge on any atom is 0.360 e. The minimum absolute atomic E-state index is 0.203. The molecule has 1 aromatic carbocycles. The fourth-order valence-corrected chi connectivity index (χ4v) is 1.77. The van der Waals surface area contributed by atoms with Crippen molar-refractivity contribution in [3.63, 3.8) is 0 Å². The van der Waals surface area contributed by atoms with E-state index in [0.717, 1.165) is 10.9 Å². The third kappa shape index (κ3) is 2.61. The van der Waals surface area contributed by atoms with Crippen LogP contribution in [0.5, 0.6) is 0 Å². The lowest BCUT2D eigenvalue weighted by Crippen LogP contribution is -2.36. The molecular weight excluding hydrogens is 250 g/mol. The second-order valence-electron chi connectivity index (χ2n) is 5.64. The number of nitrogens with zero attached hydrogens (tertiary/aromatic N) is 2. The molecule has 0 radical (unpaired) electrons. The second-order valence-corrected chi connectivity index (χ2v) is 5.64. The van der Waals surface area contributed by atoms with E-state index in [-0.39, 0.29) is 6.61 Å². The van der Waals surface area contributed by atoms with Gasteiger partial charge in [0.2, 0.25) is 0 Å². The Balaban J connectivity index is 2.24. The molecule has 0 aliphatic carbocycles. The smallest absolute Gasteiger partial charge is 0.314 e. The number of alkyl halides is 2. The third-order valence-corrected chi connectivity index (χ3v) is 3.10. The van der Waals surface area contributed by atoms with Gasteiger partial charge in [-0.3, -0.25) is 4.68 Å². The average molecular weight is 268 g/mol. The van der Waals surface area contributed by atoms with E-state index in [1.54, 1.807) is 11.7 Å². The van der Waals surface area contributed by atoms with Gasteiger partial charge in [0.05, 0.1) is 23.2 Å². The number of ether oxygens (including phenoxy) is 1. The maximum atomic E-state index is 13.8. The van der Waals surface area contributed by atoms with Gasteiger partial charge in [0.25, 0.3) is 0 Å². The van der Waals surface area contributed by atoms with Gasteiger partial charge in [0.15, 0.2) is 0 Å². The Morgan fingerprint density at radius 1 is 1.21 bits per heavy atom. The number of hydrogen-bond donors (Lipinski definition) is 0. The predicted molar refractivity (Wildman–Crippen MR) is 69.9 cm³/mol. The number of hydrogen-bond acceptors (Lipinski definition) is 2. The van der Waals surface area contributed by atoms with Gasteiger partial charge in [-0.25, -0.2) is 0 Å². The number of aromatic nitrogens is 2. The molecule has 0 N–H and O–H groups in total. The summed E-state index contributed by atoms with van der Waals surface area (Å²) in [6.07, 6.45) is -3.19. The maximum absolute atomic E-state index is 13.8. The van der Waals surface area contributed by atoms with Crippen LogP contribution >= 0.6 is 0 Å². The summed E-state index contributed by atoms with van der Waals surface area (Å²) in [5.41, 5.74) is 0.194. The molecule has 0 saturated heterocycles. The molecule has 0 saturated carbocycles. The van der Waals surface area contributed by atoms with E-state index in [4.69, 9.17) is 4.74 Å². The lowest BCUT2D eigenvalue weighted by molar-refractivity contribution is -0.301. The van der Waals surface area contributed by atoms with E-state index >= 15 is 0 Å². The molecule has 0 fully saturated rings. The van der Waals surface area contributed by atoms with Crippen molar-refractivity contribution in [2.24, 2.45) is 12.5 Å². The number of fused-ring (bicyclic) bond motifs is 1. The van der Waals surface area contributed by atoms with Gasteiger partial charge in [0.1, 0.15) is 0 Å². The Kier molecular flexibility index (Phi) is 3.34. The summed E-state index contributed by atoms with van der Waals surface area (Å²) in [6, 6.07) is 7.50. The Morgan fingerprint density at radius 3 is 2.47 bits per heavy atom. The van der Waals surface area contributed by atoms with E-state index in [1.165, 1.54) is 20.8 Å². The molecule has 104 valence electrons. The Bertz CT molecular complexity index is 585. The second kappa shape index (κ2) is 4.56. The fourth-order valence-electron chi connectivity index (χ4n) is 1.77. The van der Waals surface area contributed by atoms with Gasteiger partial charge >= 0.3 is 6.11 Å². The normalized spacial score (nSPS) is 13.2. The fraction of sp³-hybridized carbons (Fsp3) is 0.500. The molecule has 2 aromatic rings. The zero-order valence-corrected chi connectivity index (χ0v) is 11.6. The molecule has 2 rings (SSSR count). The molecular formula is C14H18F2N2O. The molecule has 1 aromatic heterocycles. The van der Waals surface area contributed by atoms with Crippen LogP contribution in [0, 0.1) is 5.41 Å². The van der Waals surface area contributed by atoms with E-state index in [9.17, 15) is 8.78 Å². The standard InChI is InChI=1S/C14H18F2N2O/c1-13(2,3)14(15,16)19-9-11-10-7-5-6-8-12(10)18(4)17-11/h5-8H,9H2,1-4H3. The van der Waals surface area contributed by atoms with Crippen LogP contribution < -0.4 is 0 Å². The molecule has 0 atom stereocenters. The first-order valence-corrected chi connectivity index (χ1v) is 6.15. The van der Waals surface area contributed by atoms with Gasteiger partial charge < -0.3 is 4.74 Å². The van der Waals surface area contributed by atoms with Crippen LogP contribution in [0.15, 0.2) is 24.3 Å². The minimum Gasteiger partial charge on any atom is -0.314 e. The van der Waals surface area contributed by atoms with Gasteiger partial charge in [-0.1, -0.05) is 39.0 Å². The number of aryl methyl sites for hydroxylation is 1. The zero-order valence-electron chi connectivity index (χ0n) is 11.6. The monoisotopic (exact) mass is 268 g/mol. The van der Waals surface area contributed by atoms with Crippen molar-refractivity contribution in [2.45, 2.75) is 33.5 Å². The molecule has 0 amide bonds. The Hall–Kier alpha value is -1.49. The summed E-state index contributed by atoms with van der Waals surface area (Å²) in [5, 5.41) is 5.08. The summed E-state index contributed by atoms with van der Waals surface area (Å²) in [7, 11) is 1.79. The SMILES string of the molecule is Cn1nc(COC(F)(F)C(C)(C)C)c2ccccc21. The van der Waals surface area contributed by atoms with Crippen molar-refractivity contribution in [3.8, 4) is 0 Å². The first-order valence-electron chi connectivity index (χ1n) is 6.15. The van der Waals surface area contributed by atoms with Crippen LogP contribution in [0.3, 0.4) is 0 Å². The number of benzene rings is 1. The highest BCUT2D eigenvalue weighted by atomic mass is 19.3. The van der Waals surface area contributed by atoms with Crippen LogP contribution in [-0.2, 0) is 18.4 Å². The van der Waals surface area contributed by atoms with E-state index in [2.05, 4.69) is 5.10 Å². The van der Waals surface area contributed by atoms with Crippen molar-refractivity contribution in [1.29, 1.82) is 0 Å². The largest absolute Gasteiger partial charge is 0.360 e. The van der Waals surface area contributed by atoms with Crippen LogP contribution in [0.2, 0.25) is 0 Å². The molecule has 1 heterocycles. The molecule has 3 nitrogen and oxygen atoms in total. The van der Waals surface area contributed by atoms with Gasteiger partial charge in [-0.05, 0) is 6.07 Å². The van der Waals surface area contributed by atoms with E-state index < -0.39 is 11.5 Å². The number of halogens is 2. The molecule has 0 aliphatic heterocycles. The van der Waals surface area contributed by atoms with E-state index in [1.807, 2.05) is 24.3 Å². The topological polar surface area (TPSA) is 27.1 Å². The van der Waals surface area contributed by atoms with Crippen LogP contribution in [0.4, 0.5) is 8.78 Å². The van der Waals surface area contributed by atoms with E-state index in [0.29, 0.717) is 5.69 Å². The highest BCUT2D eigenvalue weighted by Gasteiger charge is 2.44. The van der Waals surface area contributed by atoms with Gasteiger partial charge in [-0.15, -0.1) is 0 Å². The molecule has 0 spiro atoms. The number of para-hydroxylation sites is 1. The molecule has 0 bridgehead atoms. The molecule has 19 heavy (non-hydrogen) atoms. The van der Waals surface area contributed by atoms with Crippen molar-refractivity contribution in [2.75, 3.05) is 0 Å². The third-order valence-electron chi connectivity index (χ3n) is 3.10. The van der Waals surface area contributed by atoms with Crippen LogP contribution in [0.25, 0.3) is 10.9 Å². The van der Waals surface area contributed by atoms with Crippen molar-refractivity contribution >= 4 is 10.9 Å². The summed E-state index contributed by atoms with van der Waals surface area (Å²) in [6.45, 7) is 4.14. The van der Waals surface area contributed by atoms with Crippen LogP contribution in [-0.4, -0.2) is 15.9 Å². The summed E-state index contributed by atoms with van der Waals surface area (Å²) >= 11 is 0. The van der Waals surface area contributed by atoms with Gasteiger partial charge in [-0.2, -0.15) is 13.9 Å². The summed E-state index contributed by atoms with van der Waals surface area (Å²) in [5.74, 6) is 0. The van der Waals surface area contributed by atoms with Crippen molar-refractivity contribution in [3.05, 3.63) is 30.0 Å². The van der Waals surface area contributed by atoms with Gasteiger partial charge in [0, 0.05) is 12.4 Å². The molecule has 0 aliphatic rings. The highest BCUT2D eigenvalue weighted by molar-refractivity contribution is 5.81.